The molecule has 2 N–H and O–H groups in total. The van der Waals surface area contributed by atoms with Gasteiger partial charge in [-0.2, -0.15) is 0 Å². The monoisotopic (exact) mass is 269 g/mol. The van der Waals surface area contributed by atoms with E-state index in [1.165, 1.54) is 12.8 Å². The minimum Gasteiger partial charge on any atom is -0.354 e. The first-order valence-electron chi connectivity index (χ1n) is 7.45. The summed E-state index contributed by atoms with van der Waals surface area (Å²) in [5.41, 5.74) is 0. The van der Waals surface area contributed by atoms with Crippen molar-refractivity contribution < 1.29 is 9.59 Å². The van der Waals surface area contributed by atoms with Crippen molar-refractivity contribution in [3.63, 3.8) is 0 Å². The van der Waals surface area contributed by atoms with Gasteiger partial charge in [0, 0.05) is 32.1 Å². The lowest BCUT2D eigenvalue weighted by Gasteiger charge is -2.20. The third-order valence-corrected chi connectivity index (χ3v) is 3.54. The summed E-state index contributed by atoms with van der Waals surface area (Å²) in [5, 5.41) is 5.72. The van der Waals surface area contributed by atoms with Crippen LogP contribution in [0.3, 0.4) is 0 Å². The van der Waals surface area contributed by atoms with Crippen LogP contribution in [0, 0.1) is 0 Å². The van der Waals surface area contributed by atoms with E-state index in [0.29, 0.717) is 13.0 Å². The maximum Gasteiger partial charge on any atom is 0.317 e. The number of hydrogen-bond acceptors (Lipinski definition) is 2. The molecule has 19 heavy (non-hydrogen) atoms. The molecule has 5 heteroatoms. The summed E-state index contributed by atoms with van der Waals surface area (Å²) in [6, 6.07) is 0.173. The predicted molar refractivity (Wildman–Crippen MR) is 76.0 cm³/mol. The van der Waals surface area contributed by atoms with Crippen molar-refractivity contribution in [3.05, 3.63) is 0 Å². The van der Waals surface area contributed by atoms with Gasteiger partial charge in [-0.1, -0.05) is 19.8 Å². The Bertz CT molecular complexity index is 286. The predicted octanol–water partition coefficient (Wildman–Crippen LogP) is 1.88. The molecule has 0 spiro atoms. The highest BCUT2D eigenvalue weighted by Crippen LogP contribution is 2.09. The molecule has 5 nitrogen and oxygen atoms in total. The van der Waals surface area contributed by atoms with Crippen molar-refractivity contribution in [2.45, 2.75) is 58.4 Å². The zero-order chi connectivity index (χ0) is 14.1. The molecule has 1 fully saturated rings. The summed E-state index contributed by atoms with van der Waals surface area (Å²) in [7, 11) is 0. The second kappa shape index (κ2) is 8.77. The van der Waals surface area contributed by atoms with Gasteiger partial charge in [0.25, 0.3) is 0 Å². The van der Waals surface area contributed by atoms with Crippen molar-refractivity contribution >= 4 is 11.9 Å². The molecular weight excluding hydrogens is 242 g/mol. The Morgan fingerprint density at radius 1 is 1.16 bits per heavy atom. The van der Waals surface area contributed by atoms with Crippen LogP contribution in [0.25, 0.3) is 0 Å². The highest BCUT2D eigenvalue weighted by Gasteiger charge is 2.15. The van der Waals surface area contributed by atoms with E-state index in [1.807, 2.05) is 18.7 Å². The molecule has 1 saturated heterocycles. The standard InChI is InChI=1S/C14H27N3O2/c1-3-12(2)16-13(18)8-9-15-14(19)17-10-6-4-5-7-11-17/h12H,3-11H2,1-2H3,(H,15,19)(H,16,18). The van der Waals surface area contributed by atoms with Gasteiger partial charge in [0.05, 0.1) is 0 Å². The molecule has 1 atom stereocenters. The number of carbonyl (C=O) groups is 2. The minimum atomic E-state index is -0.0294. The van der Waals surface area contributed by atoms with Crippen molar-refractivity contribution in [2.24, 2.45) is 0 Å². The van der Waals surface area contributed by atoms with Gasteiger partial charge < -0.3 is 15.5 Å². The Balaban J connectivity index is 2.17. The maximum absolute atomic E-state index is 11.9. The van der Waals surface area contributed by atoms with Gasteiger partial charge in [0.1, 0.15) is 0 Å². The summed E-state index contributed by atoms with van der Waals surface area (Å²) in [6.07, 6.45) is 5.86. The molecule has 0 bridgehead atoms. The van der Waals surface area contributed by atoms with Crippen LogP contribution in [-0.4, -0.2) is 42.5 Å². The molecule has 1 aliphatic heterocycles. The van der Waals surface area contributed by atoms with Gasteiger partial charge in [-0.15, -0.1) is 0 Å². The van der Waals surface area contributed by atoms with E-state index in [2.05, 4.69) is 10.6 Å². The Morgan fingerprint density at radius 2 is 1.79 bits per heavy atom. The van der Waals surface area contributed by atoms with E-state index < -0.39 is 0 Å². The lowest BCUT2D eigenvalue weighted by Crippen LogP contribution is -2.42. The second-order valence-corrected chi connectivity index (χ2v) is 5.26. The molecule has 1 rings (SSSR count). The third-order valence-electron chi connectivity index (χ3n) is 3.54. The summed E-state index contributed by atoms with van der Waals surface area (Å²) in [4.78, 5) is 25.3. The zero-order valence-electron chi connectivity index (χ0n) is 12.2. The minimum absolute atomic E-state index is 0.00511. The normalized spacial score (nSPS) is 17.5. The molecule has 0 aliphatic carbocycles. The Labute approximate surface area is 116 Å². The van der Waals surface area contributed by atoms with Gasteiger partial charge >= 0.3 is 6.03 Å². The van der Waals surface area contributed by atoms with Crippen molar-refractivity contribution in [2.75, 3.05) is 19.6 Å². The van der Waals surface area contributed by atoms with Gasteiger partial charge in [0.2, 0.25) is 5.91 Å². The van der Waals surface area contributed by atoms with Crippen molar-refractivity contribution in [1.29, 1.82) is 0 Å². The van der Waals surface area contributed by atoms with E-state index in [4.69, 9.17) is 0 Å². The van der Waals surface area contributed by atoms with Crippen LogP contribution in [0.5, 0.6) is 0 Å². The Morgan fingerprint density at radius 3 is 2.37 bits per heavy atom. The topological polar surface area (TPSA) is 61.4 Å². The Hall–Kier alpha value is -1.26. The highest BCUT2D eigenvalue weighted by atomic mass is 16.2. The second-order valence-electron chi connectivity index (χ2n) is 5.26. The quantitative estimate of drug-likeness (QED) is 0.800. The van der Waals surface area contributed by atoms with Gasteiger partial charge in [-0.3, -0.25) is 4.79 Å². The molecular formula is C14H27N3O2. The van der Waals surface area contributed by atoms with E-state index in [1.54, 1.807) is 0 Å². The van der Waals surface area contributed by atoms with Crippen LogP contribution in [0.1, 0.15) is 52.4 Å². The van der Waals surface area contributed by atoms with Crippen LogP contribution in [0.2, 0.25) is 0 Å². The highest BCUT2D eigenvalue weighted by molar-refractivity contribution is 5.78. The first-order chi connectivity index (χ1) is 9.13. The van der Waals surface area contributed by atoms with Crippen LogP contribution in [0.15, 0.2) is 0 Å². The number of amides is 3. The summed E-state index contributed by atoms with van der Waals surface area (Å²) in [6.45, 7) is 6.10. The average Bonchev–Trinajstić information content (AvgIpc) is 2.67. The number of urea groups is 1. The van der Waals surface area contributed by atoms with E-state index >= 15 is 0 Å². The number of nitrogens with zero attached hydrogens (tertiary/aromatic N) is 1. The molecule has 1 heterocycles. The lowest BCUT2D eigenvalue weighted by atomic mass is 10.2. The number of likely N-dealkylation sites (tertiary alicyclic amines) is 1. The van der Waals surface area contributed by atoms with E-state index in [0.717, 1.165) is 32.4 Å². The van der Waals surface area contributed by atoms with E-state index in [9.17, 15) is 9.59 Å². The van der Waals surface area contributed by atoms with Gasteiger partial charge in [-0.25, -0.2) is 4.79 Å². The van der Waals surface area contributed by atoms with E-state index in [-0.39, 0.29) is 18.0 Å². The maximum atomic E-state index is 11.9. The SMILES string of the molecule is CCC(C)NC(=O)CCNC(=O)N1CCCCCC1. The van der Waals surface area contributed by atoms with Crippen LogP contribution in [0.4, 0.5) is 4.79 Å². The fourth-order valence-corrected chi connectivity index (χ4v) is 2.12. The smallest absolute Gasteiger partial charge is 0.317 e. The van der Waals surface area contributed by atoms with Gasteiger partial charge in [0.15, 0.2) is 0 Å². The van der Waals surface area contributed by atoms with Crippen molar-refractivity contribution in [1.82, 2.24) is 15.5 Å². The first-order valence-corrected chi connectivity index (χ1v) is 7.45. The summed E-state index contributed by atoms with van der Waals surface area (Å²) in [5.74, 6) is 0.00511. The molecule has 0 saturated carbocycles. The molecule has 3 amide bonds. The largest absolute Gasteiger partial charge is 0.354 e. The number of carbonyl (C=O) groups excluding carboxylic acids is 2. The van der Waals surface area contributed by atoms with Crippen LogP contribution < -0.4 is 10.6 Å². The average molecular weight is 269 g/mol. The molecule has 1 unspecified atom stereocenters. The fraction of sp³-hybridized carbons (Fsp3) is 0.857. The molecule has 0 aromatic rings. The molecule has 0 aromatic carbocycles. The number of nitrogens with one attached hydrogen (secondary N) is 2. The van der Waals surface area contributed by atoms with Crippen molar-refractivity contribution in [3.8, 4) is 0 Å². The first kappa shape index (κ1) is 15.8. The molecule has 110 valence electrons. The zero-order valence-corrected chi connectivity index (χ0v) is 12.2. The number of hydrogen-bond donors (Lipinski definition) is 2. The molecule has 1 aliphatic rings. The Kier molecular flexibility index (Phi) is 7.30. The summed E-state index contributed by atoms with van der Waals surface area (Å²) >= 11 is 0. The third kappa shape index (κ3) is 6.45. The van der Waals surface area contributed by atoms with Gasteiger partial charge in [-0.05, 0) is 26.2 Å². The fourth-order valence-electron chi connectivity index (χ4n) is 2.12. The number of rotatable bonds is 5. The van der Waals surface area contributed by atoms with Crippen LogP contribution in [-0.2, 0) is 4.79 Å². The summed E-state index contributed by atoms with van der Waals surface area (Å²) < 4.78 is 0. The molecule has 0 aromatic heterocycles. The van der Waals surface area contributed by atoms with Crippen LogP contribution >= 0.6 is 0 Å². The lowest BCUT2D eigenvalue weighted by molar-refractivity contribution is -0.121. The molecule has 0 radical (unpaired) electrons.